The van der Waals surface area contributed by atoms with Gasteiger partial charge in [-0.25, -0.2) is 5.43 Å². The summed E-state index contributed by atoms with van der Waals surface area (Å²) >= 11 is 0. The van der Waals surface area contributed by atoms with Gasteiger partial charge in [-0.1, -0.05) is 72.8 Å². The predicted octanol–water partition coefficient (Wildman–Crippen LogP) is 3.80. The van der Waals surface area contributed by atoms with E-state index in [2.05, 4.69) is 10.5 Å². The number of aromatic hydroxyl groups is 1. The van der Waals surface area contributed by atoms with Crippen LogP contribution in [0.25, 0.3) is 0 Å². The summed E-state index contributed by atoms with van der Waals surface area (Å²) in [5.74, 6) is -0.782. The van der Waals surface area contributed by atoms with Gasteiger partial charge in [-0.15, -0.1) is 0 Å². The van der Waals surface area contributed by atoms with Crippen LogP contribution >= 0.6 is 0 Å². The zero-order chi connectivity index (χ0) is 19.1. The Labute approximate surface area is 157 Å². The van der Waals surface area contributed by atoms with E-state index in [1.54, 1.807) is 36.4 Å². The van der Waals surface area contributed by atoms with Gasteiger partial charge in [0.2, 0.25) is 0 Å². The highest BCUT2D eigenvalue weighted by atomic mass is 16.3. The number of nitrogens with zero attached hydrogens (tertiary/aromatic N) is 1. The lowest BCUT2D eigenvalue weighted by atomic mass is 10.0. The summed E-state index contributed by atoms with van der Waals surface area (Å²) in [6, 6.07) is 24.3. The topological polar surface area (TPSA) is 78.8 Å². The zero-order valence-corrected chi connectivity index (χ0v) is 14.5. The van der Waals surface area contributed by atoms with E-state index in [1.165, 1.54) is 12.1 Å². The molecule has 5 nitrogen and oxygen atoms in total. The molecule has 27 heavy (non-hydrogen) atoms. The third kappa shape index (κ3) is 4.67. The molecule has 1 amide bonds. The van der Waals surface area contributed by atoms with Gasteiger partial charge in [-0.05, 0) is 17.7 Å². The monoisotopic (exact) mass is 358 g/mol. The molecular weight excluding hydrogens is 340 g/mol. The third-order valence-corrected chi connectivity index (χ3v) is 3.97. The summed E-state index contributed by atoms with van der Waals surface area (Å²) in [5.41, 5.74) is 4.30. The Kier molecular flexibility index (Phi) is 5.74. The number of hydrazone groups is 1. The van der Waals surface area contributed by atoms with Crippen LogP contribution in [0.4, 0.5) is 0 Å². The lowest BCUT2D eigenvalue weighted by molar-refractivity contribution is 0.0948. The molecule has 0 unspecified atom stereocenters. The number of para-hydroxylation sites is 1. The van der Waals surface area contributed by atoms with Crippen molar-refractivity contribution in [3.63, 3.8) is 0 Å². The van der Waals surface area contributed by atoms with Crippen LogP contribution in [0.3, 0.4) is 0 Å². The highest BCUT2D eigenvalue weighted by Gasteiger charge is 2.14. The Hall–Kier alpha value is -3.73. The highest BCUT2D eigenvalue weighted by molar-refractivity contribution is 6.16. The Balaban J connectivity index is 1.84. The molecule has 0 atom stereocenters. The van der Waals surface area contributed by atoms with Gasteiger partial charge in [0, 0.05) is 5.56 Å². The normalized spacial score (nSPS) is 11.0. The standard InChI is InChI=1S/C22H18N2O3/c25-20-14-8-7-13-18(20)22(27)24-23-19(16-9-3-1-4-10-16)15-21(26)17-11-5-2-6-12-17/h1-14,25H,15H2,(H,24,27)/b23-19-. The van der Waals surface area contributed by atoms with Gasteiger partial charge in [0.05, 0.1) is 17.7 Å². The zero-order valence-electron chi connectivity index (χ0n) is 14.5. The molecule has 134 valence electrons. The van der Waals surface area contributed by atoms with Crippen molar-refractivity contribution in [1.29, 1.82) is 0 Å². The number of amides is 1. The molecule has 2 N–H and O–H groups in total. The number of Topliss-reactive ketones (excluding diaryl/α,β-unsaturated/α-hetero) is 1. The fourth-order valence-corrected chi connectivity index (χ4v) is 2.56. The molecule has 0 spiro atoms. The molecule has 0 heterocycles. The number of phenols is 1. The molecule has 0 fully saturated rings. The van der Waals surface area contributed by atoms with E-state index in [9.17, 15) is 14.7 Å². The van der Waals surface area contributed by atoms with Crippen LogP contribution in [0.15, 0.2) is 90.0 Å². The quantitative estimate of drug-likeness (QED) is 0.400. The molecule has 0 saturated heterocycles. The van der Waals surface area contributed by atoms with Gasteiger partial charge in [0.1, 0.15) is 5.75 Å². The maximum absolute atomic E-state index is 12.6. The average Bonchev–Trinajstić information content (AvgIpc) is 2.72. The Bertz CT molecular complexity index is 967. The molecule has 3 rings (SSSR count). The van der Waals surface area contributed by atoms with Gasteiger partial charge < -0.3 is 5.11 Å². The van der Waals surface area contributed by atoms with Crippen LogP contribution in [-0.2, 0) is 0 Å². The van der Waals surface area contributed by atoms with Crippen molar-refractivity contribution in [3.05, 3.63) is 102 Å². The minimum absolute atomic E-state index is 0.0368. The molecule has 0 radical (unpaired) electrons. The van der Waals surface area contributed by atoms with Gasteiger partial charge in [-0.3, -0.25) is 9.59 Å². The number of hydrogen-bond donors (Lipinski definition) is 2. The highest BCUT2D eigenvalue weighted by Crippen LogP contribution is 2.15. The summed E-state index contributed by atoms with van der Waals surface area (Å²) in [5, 5.41) is 14.0. The van der Waals surface area contributed by atoms with E-state index in [0.717, 1.165) is 5.56 Å². The summed E-state index contributed by atoms with van der Waals surface area (Å²) in [6.07, 6.45) is 0.0368. The number of carbonyl (C=O) groups excluding carboxylic acids is 2. The van der Waals surface area contributed by atoms with Gasteiger partial charge >= 0.3 is 0 Å². The molecule has 5 heteroatoms. The van der Waals surface area contributed by atoms with Crippen LogP contribution in [-0.4, -0.2) is 22.5 Å². The summed E-state index contributed by atoms with van der Waals surface area (Å²) in [4.78, 5) is 24.9. The molecule has 0 aromatic heterocycles. The molecule has 0 saturated carbocycles. The van der Waals surface area contributed by atoms with Gasteiger partial charge in [0.25, 0.3) is 5.91 Å². The molecule has 0 aliphatic carbocycles. The Morgan fingerprint density at radius 1 is 0.778 bits per heavy atom. The van der Waals surface area contributed by atoms with E-state index in [-0.39, 0.29) is 23.5 Å². The van der Waals surface area contributed by atoms with Crippen molar-refractivity contribution in [2.45, 2.75) is 6.42 Å². The second-order valence-electron chi connectivity index (χ2n) is 5.85. The van der Waals surface area contributed by atoms with Crippen molar-refractivity contribution >= 4 is 17.4 Å². The molecular formula is C22H18N2O3. The van der Waals surface area contributed by atoms with Crippen LogP contribution in [0.5, 0.6) is 5.75 Å². The molecule has 0 bridgehead atoms. The largest absolute Gasteiger partial charge is 0.507 e. The minimum Gasteiger partial charge on any atom is -0.507 e. The first-order valence-corrected chi connectivity index (χ1v) is 8.43. The van der Waals surface area contributed by atoms with E-state index < -0.39 is 5.91 Å². The molecule has 0 aliphatic rings. The van der Waals surface area contributed by atoms with Crippen LogP contribution < -0.4 is 5.43 Å². The number of nitrogens with one attached hydrogen (secondary N) is 1. The second kappa shape index (κ2) is 8.58. The molecule has 0 aliphatic heterocycles. The average molecular weight is 358 g/mol. The first-order valence-electron chi connectivity index (χ1n) is 8.43. The van der Waals surface area contributed by atoms with E-state index >= 15 is 0 Å². The van der Waals surface area contributed by atoms with Crippen LogP contribution in [0, 0.1) is 0 Å². The van der Waals surface area contributed by atoms with E-state index in [4.69, 9.17) is 0 Å². The molecule has 3 aromatic carbocycles. The van der Waals surface area contributed by atoms with Gasteiger partial charge in [-0.2, -0.15) is 5.10 Å². The van der Waals surface area contributed by atoms with Crippen molar-refractivity contribution < 1.29 is 14.7 Å². The SMILES string of the molecule is O=C(C/C(=N/NC(=O)c1ccccc1O)c1ccccc1)c1ccccc1. The van der Waals surface area contributed by atoms with Crippen molar-refractivity contribution in [1.82, 2.24) is 5.43 Å². The Morgan fingerprint density at radius 2 is 1.33 bits per heavy atom. The first kappa shape index (κ1) is 18.1. The third-order valence-electron chi connectivity index (χ3n) is 3.97. The van der Waals surface area contributed by atoms with Crippen molar-refractivity contribution in [2.24, 2.45) is 5.10 Å². The minimum atomic E-state index is -0.548. The predicted molar refractivity (Wildman–Crippen MR) is 104 cm³/mol. The number of phenolic OH excluding ortho intramolecular Hbond substituents is 1. The smallest absolute Gasteiger partial charge is 0.275 e. The fourth-order valence-electron chi connectivity index (χ4n) is 2.56. The fraction of sp³-hybridized carbons (Fsp3) is 0.0455. The number of benzene rings is 3. The van der Waals surface area contributed by atoms with Crippen LogP contribution in [0.1, 0.15) is 32.7 Å². The number of rotatable bonds is 6. The van der Waals surface area contributed by atoms with Gasteiger partial charge in [0.15, 0.2) is 5.78 Å². The molecule has 3 aromatic rings. The lowest BCUT2D eigenvalue weighted by Gasteiger charge is -2.08. The maximum atomic E-state index is 12.6. The lowest BCUT2D eigenvalue weighted by Crippen LogP contribution is -2.21. The van der Waals surface area contributed by atoms with Crippen molar-refractivity contribution in [2.75, 3.05) is 0 Å². The maximum Gasteiger partial charge on any atom is 0.275 e. The second-order valence-corrected chi connectivity index (χ2v) is 5.85. The number of ketones is 1. The summed E-state index contributed by atoms with van der Waals surface area (Å²) in [7, 11) is 0. The summed E-state index contributed by atoms with van der Waals surface area (Å²) in [6.45, 7) is 0. The van der Waals surface area contributed by atoms with Crippen molar-refractivity contribution in [3.8, 4) is 5.75 Å². The first-order chi connectivity index (χ1) is 13.1. The number of carbonyl (C=O) groups is 2. The van der Waals surface area contributed by atoms with E-state index in [1.807, 2.05) is 36.4 Å². The number of hydrogen-bond acceptors (Lipinski definition) is 4. The Morgan fingerprint density at radius 3 is 1.96 bits per heavy atom. The van der Waals surface area contributed by atoms with Crippen LogP contribution in [0.2, 0.25) is 0 Å². The van der Waals surface area contributed by atoms with E-state index in [0.29, 0.717) is 11.3 Å². The summed E-state index contributed by atoms with van der Waals surface area (Å²) < 4.78 is 0.